The highest BCUT2D eigenvalue weighted by Crippen LogP contribution is 2.10. The molecule has 0 bridgehead atoms. The van der Waals surface area contributed by atoms with Crippen LogP contribution >= 0.6 is 0 Å². The van der Waals surface area contributed by atoms with E-state index in [1.165, 1.54) is 24.3 Å². The molecule has 0 unspecified atom stereocenters. The van der Waals surface area contributed by atoms with Gasteiger partial charge in [-0.05, 0) is 6.07 Å². The molecule has 0 saturated heterocycles. The van der Waals surface area contributed by atoms with Crippen molar-refractivity contribution < 1.29 is 15.0 Å². The predicted octanol–water partition coefficient (Wildman–Crippen LogP) is 1.09. The van der Waals surface area contributed by atoms with E-state index in [2.05, 4.69) is 0 Å². The highest BCUT2D eigenvalue weighted by Gasteiger charge is 1.99. The van der Waals surface area contributed by atoms with Crippen molar-refractivity contribution in [2.45, 2.75) is 7.43 Å². The number of hydrogen-bond acceptors (Lipinski definition) is 2. The lowest BCUT2D eigenvalue weighted by Crippen LogP contribution is -2.02. The molecule has 1 N–H and O–H groups in total. The first-order valence-electron chi connectivity index (χ1n) is 2.71. The van der Waals surface area contributed by atoms with Gasteiger partial charge in [0.15, 0.2) is 0 Å². The molecule has 3 nitrogen and oxygen atoms in total. The van der Waals surface area contributed by atoms with E-state index in [9.17, 15) is 9.90 Å². The Morgan fingerprint density at radius 2 is 1.91 bits per heavy atom. The average Bonchev–Trinajstić information content (AvgIpc) is 1.88. The van der Waals surface area contributed by atoms with E-state index >= 15 is 0 Å². The number of carboxylic acid groups (broad SMARTS) is 1. The van der Waals surface area contributed by atoms with E-state index < -0.39 is 11.7 Å². The molecule has 60 valence electrons. The number of hydrogen-bond donors (Lipinski definition) is 1. The van der Waals surface area contributed by atoms with Crippen LogP contribution in [-0.2, 0) is 0 Å². The van der Waals surface area contributed by atoms with Gasteiger partial charge in [-0.1, -0.05) is 31.4 Å². The van der Waals surface area contributed by atoms with Gasteiger partial charge in [-0.2, -0.15) is 0 Å². The predicted molar refractivity (Wildman–Crippen MR) is 39.6 cm³/mol. The van der Waals surface area contributed by atoms with Gasteiger partial charge in [0.05, 0.1) is 5.56 Å². The van der Waals surface area contributed by atoms with Crippen LogP contribution in [0.15, 0.2) is 24.3 Å². The Hall–Kier alpha value is -1.51. The number of para-hydroxylation sites is 1. The minimum absolute atomic E-state index is 0. The molecular formula is C8H9O3-. The molecule has 0 atom stereocenters. The van der Waals surface area contributed by atoms with E-state index in [0.717, 1.165) is 0 Å². The molecule has 0 aliphatic heterocycles. The summed E-state index contributed by atoms with van der Waals surface area (Å²) < 4.78 is 0. The molecule has 0 radical (unpaired) electrons. The van der Waals surface area contributed by atoms with Crippen molar-refractivity contribution in [1.29, 1.82) is 0 Å². The minimum atomic E-state index is -1.18. The van der Waals surface area contributed by atoms with Gasteiger partial charge < -0.3 is 10.2 Å². The van der Waals surface area contributed by atoms with Crippen LogP contribution in [0.2, 0.25) is 0 Å². The monoisotopic (exact) mass is 153 g/mol. The summed E-state index contributed by atoms with van der Waals surface area (Å²) in [4.78, 5) is 10.2. The molecule has 0 aromatic heterocycles. The molecule has 0 aliphatic carbocycles. The Bertz CT molecular complexity index is 255. The molecular weight excluding hydrogens is 144 g/mol. The van der Waals surface area contributed by atoms with Crippen molar-refractivity contribution in [1.82, 2.24) is 0 Å². The Labute approximate surface area is 64.9 Å². The first-order valence-corrected chi connectivity index (χ1v) is 2.71. The van der Waals surface area contributed by atoms with Gasteiger partial charge in [0.1, 0.15) is 0 Å². The normalized spacial score (nSPS) is 8.36. The van der Waals surface area contributed by atoms with Gasteiger partial charge in [-0.25, -0.2) is 4.79 Å². The molecule has 0 fully saturated rings. The second kappa shape index (κ2) is 3.61. The summed E-state index contributed by atoms with van der Waals surface area (Å²) in [5, 5.41) is 19.0. The van der Waals surface area contributed by atoms with Crippen molar-refractivity contribution in [2.24, 2.45) is 0 Å². The van der Waals surface area contributed by atoms with Crippen LogP contribution in [0.5, 0.6) is 5.75 Å². The largest absolute Gasteiger partial charge is 0.872 e. The van der Waals surface area contributed by atoms with Gasteiger partial charge in [-0.3, -0.25) is 0 Å². The molecule has 3 heteroatoms. The van der Waals surface area contributed by atoms with Crippen molar-refractivity contribution in [3.05, 3.63) is 29.8 Å². The van der Waals surface area contributed by atoms with Crippen LogP contribution < -0.4 is 5.11 Å². The van der Waals surface area contributed by atoms with Crippen LogP contribution in [0.4, 0.5) is 0 Å². The topological polar surface area (TPSA) is 60.4 Å². The summed E-state index contributed by atoms with van der Waals surface area (Å²) in [5.41, 5.74) is -0.178. The zero-order valence-corrected chi connectivity index (χ0v) is 5.07. The number of benzene rings is 1. The van der Waals surface area contributed by atoms with Crippen LogP contribution in [0, 0.1) is 0 Å². The fraction of sp³-hybridized carbons (Fsp3) is 0.125. The highest BCUT2D eigenvalue weighted by atomic mass is 16.4. The second-order valence-electron chi connectivity index (χ2n) is 1.80. The standard InChI is InChI=1S/C7H6O3.CH4/c8-6-4-2-1-3-5(6)7(9)10;/h1-4,8H,(H,9,10);1H4/p-1. The molecule has 1 aromatic carbocycles. The van der Waals surface area contributed by atoms with Crippen molar-refractivity contribution in [3.63, 3.8) is 0 Å². The lowest BCUT2D eigenvalue weighted by atomic mass is 10.2. The third kappa shape index (κ3) is 1.97. The fourth-order valence-corrected chi connectivity index (χ4v) is 0.643. The molecule has 11 heavy (non-hydrogen) atoms. The number of carbonyl (C=O) groups is 1. The lowest BCUT2D eigenvalue weighted by molar-refractivity contribution is -0.268. The maximum absolute atomic E-state index is 10.7. The first-order chi connectivity index (χ1) is 4.72. The minimum Gasteiger partial charge on any atom is -0.872 e. The van der Waals surface area contributed by atoms with Gasteiger partial charge in [0.25, 0.3) is 0 Å². The molecule has 0 spiro atoms. The summed E-state index contributed by atoms with van der Waals surface area (Å²) >= 11 is 0. The van der Waals surface area contributed by atoms with Crippen LogP contribution in [0.1, 0.15) is 17.8 Å². The quantitative estimate of drug-likeness (QED) is 0.657. The summed E-state index contributed by atoms with van der Waals surface area (Å²) in [6.45, 7) is 0. The SMILES string of the molecule is C.O=C(O)c1ccccc1[O-]. The Morgan fingerprint density at radius 1 is 1.36 bits per heavy atom. The molecule has 0 saturated carbocycles. The summed E-state index contributed by atoms with van der Waals surface area (Å²) in [5.74, 6) is -1.62. The lowest BCUT2D eigenvalue weighted by Gasteiger charge is -2.07. The highest BCUT2D eigenvalue weighted by molar-refractivity contribution is 5.90. The van der Waals surface area contributed by atoms with Gasteiger partial charge in [-0.15, -0.1) is 0 Å². The Balaban J connectivity index is 0.000001000. The zero-order chi connectivity index (χ0) is 7.56. The molecule has 1 rings (SSSR count). The second-order valence-corrected chi connectivity index (χ2v) is 1.80. The summed E-state index contributed by atoms with van der Waals surface area (Å²) in [7, 11) is 0. The summed E-state index contributed by atoms with van der Waals surface area (Å²) in [6.07, 6.45) is 0. The zero-order valence-electron chi connectivity index (χ0n) is 5.07. The van der Waals surface area contributed by atoms with E-state index in [1.54, 1.807) is 0 Å². The van der Waals surface area contributed by atoms with Crippen LogP contribution in [0.25, 0.3) is 0 Å². The third-order valence-electron chi connectivity index (χ3n) is 1.12. The van der Waals surface area contributed by atoms with Crippen molar-refractivity contribution in [3.8, 4) is 5.75 Å². The Kier molecular flexibility index (Phi) is 3.11. The average molecular weight is 153 g/mol. The fourth-order valence-electron chi connectivity index (χ4n) is 0.643. The van der Waals surface area contributed by atoms with E-state index in [-0.39, 0.29) is 13.0 Å². The van der Waals surface area contributed by atoms with Crippen LogP contribution in [-0.4, -0.2) is 11.1 Å². The van der Waals surface area contributed by atoms with Crippen LogP contribution in [0.3, 0.4) is 0 Å². The maximum Gasteiger partial charge on any atom is 0.335 e. The Morgan fingerprint density at radius 3 is 2.27 bits per heavy atom. The first kappa shape index (κ1) is 9.49. The van der Waals surface area contributed by atoms with E-state index in [0.29, 0.717) is 0 Å². The molecule has 0 amide bonds. The third-order valence-corrected chi connectivity index (χ3v) is 1.12. The smallest absolute Gasteiger partial charge is 0.335 e. The molecule has 0 heterocycles. The van der Waals surface area contributed by atoms with Gasteiger partial charge in [0.2, 0.25) is 0 Å². The van der Waals surface area contributed by atoms with Crippen molar-refractivity contribution >= 4 is 5.97 Å². The maximum atomic E-state index is 10.7. The van der Waals surface area contributed by atoms with E-state index in [1.807, 2.05) is 0 Å². The van der Waals surface area contributed by atoms with Crippen molar-refractivity contribution in [2.75, 3.05) is 0 Å². The number of carboxylic acids is 1. The van der Waals surface area contributed by atoms with E-state index in [4.69, 9.17) is 5.11 Å². The summed E-state index contributed by atoms with van der Waals surface area (Å²) in [6, 6.07) is 5.54. The molecule has 0 aliphatic rings. The number of aromatic carboxylic acids is 1. The number of rotatable bonds is 1. The van der Waals surface area contributed by atoms with Gasteiger partial charge in [0, 0.05) is 0 Å². The van der Waals surface area contributed by atoms with Gasteiger partial charge >= 0.3 is 5.97 Å². The molecule has 1 aromatic rings.